The van der Waals surface area contributed by atoms with Gasteiger partial charge in [-0.2, -0.15) is 0 Å². The van der Waals surface area contributed by atoms with Crippen molar-refractivity contribution in [3.05, 3.63) is 53.1 Å². The lowest BCUT2D eigenvalue weighted by atomic mass is 9.94. The van der Waals surface area contributed by atoms with Crippen LogP contribution in [0.1, 0.15) is 16.7 Å². The Labute approximate surface area is 96.4 Å². The molecule has 0 atom stereocenters. The second-order valence-electron chi connectivity index (χ2n) is 4.23. The minimum atomic E-state index is 0.310. The van der Waals surface area contributed by atoms with Gasteiger partial charge in [0, 0.05) is 0 Å². The van der Waals surface area contributed by atoms with E-state index in [0.717, 1.165) is 5.56 Å². The molecule has 82 valence electrons. The van der Waals surface area contributed by atoms with Gasteiger partial charge in [0.2, 0.25) is 0 Å². The van der Waals surface area contributed by atoms with Gasteiger partial charge in [-0.15, -0.1) is 0 Å². The highest BCUT2D eigenvalue weighted by molar-refractivity contribution is 5.69. The van der Waals surface area contributed by atoms with E-state index in [1.54, 1.807) is 12.1 Å². The fraction of sp³-hybridized carbons (Fsp3) is 0.200. The number of aromatic hydroxyl groups is 1. The van der Waals surface area contributed by atoms with Gasteiger partial charge in [0.25, 0.3) is 0 Å². The van der Waals surface area contributed by atoms with Crippen LogP contribution < -0.4 is 0 Å². The minimum Gasteiger partial charge on any atom is -0.508 e. The van der Waals surface area contributed by atoms with Crippen molar-refractivity contribution in [1.82, 2.24) is 0 Å². The van der Waals surface area contributed by atoms with Crippen LogP contribution in [0.15, 0.2) is 36.4 Å². The van der Waals surface area contributed by atoms with Crippen molar-refractivity contribution in [2.75, 3.05) is 0 Å². The summed E-state index contributed by atoms with van der Waals surface area (Å²) in [5.74, 6) is 0.310. The first kappa shape index (κ1) is 10.7. The molecule has 0 radical (unpaired) electrons. The predicted molar refractivity (Wildman–Crippen MR) is 67.8 cm³/mol. The van der Waals surface area contributed by atoms with Gasteiger partial charge in [0.05, 0.1) is 0 Å². The van der Waals surface area contributed by atoms with Crippen LogP contribution in [0.4, 0.5) is 0 Å². The topological polar surface area (TPSA) is 20.2 Å². The zero-order chi connectivity index (χ0) is 11.7. The summed E-state index contributed by atoms with van der Waals surface area (Å²) in [6, 6.07) is 11.6. The van der Waals surface area contributed by atoms with Crippen LogP contribution in [0.2, 0.25) is 0 Å². The highest BCUT2D eigenvalue weighted by Crippen LogP contribution is 2.28. The molecule has 1 heteroatoms. The summed E-state index contributed by atoms with van der Waals surface area (Å²) in [6.07, 6.45) is 0. The van der Waals surface area contributed by atoms with E-state index in [2.05, 4.69) is 32.9 Å². The number of hydrogen-bond donors (Lipinski definition) is 1. The highest BCUT2D eigenvalue weighted by atomic mass is 16.3. The smallest absolute Gasteiger partial charge is 0.115 e. The molecule has 1 nitrogen and oxygen atoms in total. The molecule has 0 aliphatic rings. The zero-order valence-electron chi connectivity index (χ0n) is 9.91. The molecule has 0 aliphatic heterocycles. The third kappa shape index (κ3) is 1.81. The fourth-order valence-corrected chi connectivity index (χ4v) is 1.91. The van der Waals surface area contributed by atoms with Crippen molar-refractivity contribution in [1.29, 1.82) is 0 Å². The largest absolute Gasteiger partial charge is 0.508 e. The summed E-state index contributed by atoms with van der Waals surface area (Å²) in [4.78, 5) is 0. The van der Waals surface area contributed by atoms with E-state index in [-0.39, 0.29) is 0 Å². The molecule has 0 amide bonds. The summed E-state index contributed by atoms with van der Waals surface area (Å²) in [5, 5.41) is 9.27. The first-order chi connectivity index (χ1) is 7.59. The van der Waals surface area contributed by atoms with Crippen molar-refractivity contribution >= 4 is 0 Å². The molecule has 0 heterocycles. The van der Waals surface area contributed by atoms with Gasteiger partial charge in [-0.05, 0) is 60.7 Å². The monoisotopic (exact) mass is 212 g/mol. The Bertz CT molecular complexity index is 510. The van der Waals surface area contributed by atoms with E-state index in [1.165, 1.54) is 22.3 Å². The number of phenolic OH excluding ortho intramolecular Hbond substituents is 1. The maximum Gasteiger partial charge on any atom is 0.115 e. The molecule has 0 saturated heterocycles. The second-order valence-corrected chi connectivity index (χ2v) is 4.23. The van der Waals surface area contributed by atoms with Gasteiger partial charge in [-0.25, -0.2) is 0 Å². The van der Waals surface area contributed by atoms with Gasteiger partial charge in [-0.1, -0.05) is 24.3 Å². The number of benzene rings is 2. The summed E-state index contributed by atoms with van der Waals surface area (Å²) in [7, 11) is 0. The Balaban J connectivity index is 2.57. The lowest BCUT2D eigenvalue weighted by molar-refractivity contribution is 0.475. The Morgan fingerprint density at radius 3 is 2.00 bits per heavy atom. The van der Waals surface area contributed by atoms with E-state index < -0.39 is 0 Å². The standard InChI is InChI=1S/C15H16O/c1-10-4-9-15(12(3)11(10)2)13-5-7-14(16)8-6-13/h4-9,16H,1-3H3. The summed E-state index contributed by atoms with van der Waals surface area (Å²) >= 11 is 0. The molecule has 0 spiro atoms. The number of aryl methyl sites for hydroxylation is 1. The first-order valence-corrected chi connectivity index (χ1v) is 5.46. The Morgan fingerprint density at radius 1 is 0.750 bits per heavy atom. The summed E-state index contributed by atoms with van der Waals surface area (Å²) < 4.78 is 0. The maximum atomic E-state index is 9.27. The van der Waals surface area contributed by atoms with Gasteiger partial charge in [0.15, 0.2) is 0 Å². The van der Waals surface area contributed by atoms with E-state index in [0.29, 0.717) is 5.75 Å². The Morgan fingerprint density at radius 2 is 1.38 bits per heavy atom. The predicted octanol–water partition coefficient (Wildman–Crippen LogP) is 3.98. The molecule has 2 aromatic carbocycles. The molecule has 0 unspecified atom stereocenters. The second kappa shape index (κ2) is 4.01. The number of hydrogen-bond acceptors (Lipinski definition) is 1. The van der Waals surface area contributed by atoms with Crippen molar-refractivity contribution in [2.24, 2.45) is 0 Å². The Hall–Kier alpha value is -1.76. The van der Waals surface area contributed by atoms with Gasteiger partial charge >= 0.3 is 0 Å². The van der Waals surface area contributed by atoms with Crippen LogP contribution in [-0.2, 0) is 0 Å². The average molecular weight is 212 g/mol. The molecule has 0 fully saturated rings. The third-order valence-corrected chi connectivity index (χ3v) is 3.24. The molecule has 0 bridgehead atoms. The molecular weight excluding hydrogens is 196 g/mol. The van der Waals surface area contributed by atoms with E-state index in [9.17, 15) is 5.11 Å². The van der Waals surface area contributed by atoms with Crippen LogP contribution in [-0.4, -0.2) is 5.11 Å². The van der Waals surface area contributed by atoms with E-state index in [4.69, 9.17) is 0 Å². The van der Waals surface area contributed by atoms with Crippen LogP contribution in [0.25, 0.3) is 11.1 Å². The molecule has 0 saturated carbocycles. The van der Waals surface area contributed by atoms with Crippen LogP contribution >= 0.6 is 0 Å². The summed E-state index contributed by atoms with van der Waals surface area (Å²) in [5.41, 5.74) is 6.36. The zero-order valence-corrected chi connectivity index (χ0v) is 9.91. The molecule has 1 N–H and O–H groups in total. The highest BCUT2D eigenvalue weighted by Gasteiger charge is 2.05. The molecule has 0 aliphatic carbocycles. The van der Waals surface area contributed by atoms with Crippen LogP contribution in [0.5, 0.6) is 5.75 Å². The maximum absolute atomic E-state index is 9.27. The van der Waals surface area contributed by atoms with Crippen molar-refractivity contribution in [2.45, 2.75) is 20.8 Å². The van der Waals surface area contributed by atoms with Gasteiger partial charge in [-0.3, -0.25) is 0 Å². The van der Waals surface area contributed by atoms with Crippen molar-refractivity contribution in [3.63, 3.8) is 0 Å². The lowest BCUT2D eigenvalue weighted by Crippen LogP contribution is -1.90. The van der Waals surface area contributed by atoms with Crippen molar-refractivity contribution in [3.8, 4) is 16.9 Å². The molecular formula is C15H16O. The molecule has 16 heavy (non-hydrogen) atoms. The van der Waals surface area contributed by atoms with Gasteiger partial charge < -0.3 is 5.11 Å². The molecule has 2 rings (SSSR count). The normalized spacial score (nSPS) is 10.4. The van der Waals surface area contributed by atoms with Gasteiger partial charge in [0.1, 0.15) is 5.75 Å². The third-order valence-electron chi connectivity index (χ3n) is 3.24. The lowest BCUT2D eigenvalue weighted by Gasteiger charge is -2.11. The SMILES string of the molecule is Cc1ccc(-c2ccc(O)cc2)c(C)c1C. The van der Waals surface area contributed by atoms with Crippen molar-refractivity contribution < 1.29 is 5.11 Å². The van der Waals surface area contributed by atoms with E-state index >= 15 is 0 Å². The Kier molecular flexibility index (Phi) is 2.69. The van der Waals surface area contributed by atoms with E-state index in [1.807, 2.05) is 12.1 Å². The van der Waals surface area contributed by atoms with Crippen LogP contribution in [0.3, 0.4) is 0 Å². The minimum absolute atomic E-state index is 0.310. The first-order valence-electron chi connectivity index (χ1n) is 5.46. The fourth-order valence-electron chi connectivity index (χ4n) is 1.91. The average Bonchev–Trinajstić information content (AvgIpc) is 2.28. The number of phenols is 1. The molecule has 0 aromatic heterocycles. The quantitative estimate of drug-likeness (QED) is 0.758. The molecule has 2 aromatic rings. The number of rotatable bonds is 1. The summed E-state index contributed by atoms with van der Waals surface area (Å²) in [6.45, 7) is 6.42. The van der Waals surface area contributed by atoms with Crippen LogP contribution in [0, 0.1) is 20.8 Å².